The van der Waals surface area contributed by atoms with Crippen LogP contribution in [-0.4, -0.2) is 81.1 Å². The van der Waals surface area contributed by atoms with Crippen LogP contribution in [0.3, 0.4) is 0 Å². The van der Waals surface area contributed by atoms with Crippen LogP contribution in [0.4, 0.5) is 0 Å². The number of rotatable bonds is 11. The van der Waals surface area contributed by atoms with Gasteiger partial charge in [-0.05, 0) is 43.2 Å². The van der Waals surface area contributed by atoms with Gasteiger partial charge in [-0.25, -0.2) is 4.79 Å². The summed E-state index contributed by atoms with van der Waals surface area (Å²) in [6.45, 7) is 3.35. The lowest BCUT2D eigenvalue weighted by Crippen LogP contribution is -2.58. The van der Waals surface area contributed by atoms with Crippen molar-refractivity contribution in [2.75, 3.05) is 13.2 Å². The summed E-state index contributed by atoms with van der Waals surface area (Å²) in [5.74, 6) is -2.90. The summed E-state index contributed by atoms with van der Waals surface area (Å²) < 4.78 is 0. The number of hydrogen-bond acceptors (Lipinski definition) is 6. The number of carboxylic acid groups (broad SMARTS) is 1. The van der Waals surface area contributed by atoms with Crippen molar-refractivity contribution in [3.63, 3.8) is 0 Å². The number of H-pyrrole nitrogens is 1. The van der Waals surface area contributed by atoms with Crippen LogP contribution in [0.2, 0.25) is 0 Å². The monoisotopic (exact) mass is 501 g/mol. The van der Waals surface area contributed by atoms with E-state index in [1.807, 2.05) is 38.1 Å². The number of nitrogens with zero attached hydrogens (tertiary/aromatic N) is 1. The molecule has 36 heavy (non-hydrogen) atoms. The Labute approximate surface area is 209 Å². The van der Waals surface area contributed by atoms with Crippen LogP contribution < -0.4 is 16.4 Å². The minimum Gasteiger partial charge on any atom is -0.480 e. The molecular weight excluding hydrogens is 466 g/mol. The van der Waals surface area contributed by atoms with Crippen molar-refractivity contribution in [3.05, 3.63) is 36.0 Å². The number of aliphatic hydroxyl groups is 1. The minimum atomic E-state index is -1.32. The number of benzene rings is 1. The number of nitrogens with one attached hydrogen (secondary N) is 3. The number of aliphatic hydroxyl groups excluding tert-OH is 1. The summed E-state index contributed by atoms with van der Waals surface area (Å²) in [4.78, 5) is 54.7. The van der Waals surface area contributed by atoms with E-state index in [-0.39, 0.29) is 18.8 Å². The second-order valence-corrected chi connectivity index (χ2v) is 9.63. The quantitative estimate of drug-likeness (QED) is 0.253. The summed E-state index contributed by atoms with van der Waals surface area (Å²) in [6, 6.07) is 3.39. The number of hydrogen-bond donors (Lipinski definition) is 6. The van der Waals surface area contributed by atoms with E-state index in [4.69, 9.17) is 5.73 Å². The molecule has 1 aromatic heterocycles. The van der Waals surface area contributed by atoms with Gasteiger partial charge in [0.15, 0.2) is 0 Å². The molecule has 2 aromatic rings. The maximum Gasteiger partial charge on any atom is 0.326 e. The summed E-state index contributed by atoms with van der Waals surface area (Å²) in [7, 11) is 0. The van der Waals surface area contributed by atoms with Gasteiger partial charge in [0, 0.05) is 23.6 Å². The number of aromatic amines is 1. The maximum absolute atomic E-state index is 13.1. The molecule has 3 rings (SSSR count). The van der Waals surface area contributed by atoms with Crippen molar-refractivity contribution in [1.82, 2.24) is 20.5 Å². The third kappa shape index (κ3) is 6.41. The van der Waals surface area contributed by atoms with Gasteiger partial charge in [-0.2, -0.15) is 0 Å². The third-order valence-electron chi connectivity index (χ3n) is 6.41. The molecule has 11 heteroatoms. The van der Waals surface area contributed by atoms with Crippen LogP contribution in [0.15, 0.2) is 30.5 Å². The van der Waals surface area contributed by atoms with Crippen molar-refractivity contribution in [2.24, 2.45) is 11.7 Å². The first-order chi connectivity index (χ1) is 17.1. The molecule has 7 N–H and O–H groups in total. The Bertz CT molecular complexity index is 1100. The van der Waals surface area contributed by atoms with E-state index < -0.39 is 54.5 Å². The number of amides is 3. The van der Waals surface area contributed by atoms with Crippen LogP contribution in [0, 0.1) is 5.92 Å². The summed E-state index contributed by atoms with van der Waals surface area (Å²) in [5.41, 5.74) is 7.85. The molecule has 0 aliphatic carbocycles. The molecule has 4 unspecified atom stereocenters. The normalized spacial score (nSPS) is 18.1. The standard InChI is InChI=1S/C25H35N5O6/c1-14(2)10-19(24(34)30-9-5-8-21(30)25(35)36)28-23(33)20(13-31)29-22(32)17(26)11-15-12-27-18-7-4-3-6-16(15)18/h3-4,6-7,12,14,17,19-21,27,31H,5,8-11,13,26H2,1-2H3,(H,28,33)(H,29,32)(H,35,36). The number of para-hydroxylation sites is 1. The zero-order valence-electron chi connectivity index (χ0n) is 20.6. The van der Waals surface area contributed by atoms with Gasteiger partial charge in [0.25, 0.3) is 0 Å². The lowest BCUT2D eigenvalue weighted by molar-refractivity contribution is -0.149. The Morgan fingerprint density at radius 3 is 2.50 bits per heavy atom. The second-order valence-electron chi connectivity index (χ2n) is 9.63. The molecule has 4 atom stereocenters. The van der Waals surface area contributed by atoms with Gasteiger partial charge in [-0.3, -0.25) is 14.4 Å². The Kier molecular flexibility index (Phi) is 9.05. The number of aliphatic carboxylic acids is 1. The fourth-order valence-corrected chi connectivity index (χ4v) is 4.56. The van der Waals surface area contributed by atoms with E-state index in [0.29, 0.717) is 19.4 Å². The van der Waals surface area contributed by atoms with Gasteiger partial charge in [0.1, 0.15) is 18.1 Å². The topological polar surface area (TPSA) is 178 Å². The fourth-order valence-electron chi connectivity index (χ4n) is 4.56. The van der Waals surface area contributed by atoms with Crippen LogP contribution in [0.25, 0.3) is 10.9 Å². The number of fused-ring (bicyclic) bond motifs is 1. The Balaban J connectivity index is 1.64. The highest BCUT2D eigenvalue weighted by molar-refractivity contribution is 5.94. The summed E-state index contributed by atoms with van der Waals surface area (Å²) >= 11 is 0. The molecule has 3 amide bonds. The van der Waals surface area contributed by atoms with Gasteiger partial charge in [-0.15, -0.1) is 0 Å². The van der Waals surface area contributed by atoms with Gasteiger partial charge in [-0.1, -0.05) is 32.0 Å². The molecule has 0 bridgehead atoms. The number of likely N-dealkylation sites (tertiary alicyclic amines) is 1. The molecule has 1 fully saturated rings. The SMILES string of the molecule is CC(C)CC(NC(=O)C(CO)NC(=O)C(N)Cc1c[nH]c2ccccc12)C(=O)N1CCCC1C(=O)O. The highest BCUT2D eigenvalue weighted by Gasteiger charge is 2.38. The number of carbonyl (C=O) groups is 4. The van der Waals surface area contributed by atoms with Crippen molar-refractivity contribution in [1.29, 1.82) is 0 Å². The van der Waals surface area contributed by atoms with E-state index in [0.717, 1.165) is 16.5 Å². The van der Waals surface area contributed by atoms with Crippen molar-refractivity contribution in [3.8, 4) is 0 Å². The van der Waals surface area contributed by atoms with E-state index in [1.165, 1.54) is 4.90 Å². The average Bonchev–Trinajstić information content (AvgIpc) is 3.49. The molecule has 2 heterocycles. The Morgan fingerprint density at radius 1 is 1.14 bits per heavy atom. The molecular formula is C25H35N5O6. The fraction of sp³-hybridized carbons (Fsp3) is 0.520. The smallest absolute Gasteiger partial charge is 0.326 e. The lowest BCUT2D eigenvalue weighted by atomic mass is 10.0. The van der Waals surface area contributed by atoms with Gasteiger partial charge in [0.2, 0.25) is 17.7 Å². The first kappa shape index (κ1) is 27.2. The number of nitrogens with two attached hydrogens (primary N) is 1. The molecule has 1 aromatic carbocycles. The molecule has 1 aliphatic rings. The molecule has 196 valence electrons. The van der Waals surface area contributed by atoms with Crippen molar-refractivity contribution < 1.29 is 29.4 Å². The van der Waals surface area contributed by atoms with Crippen molar-refractivity contribution >= 4 is 34.6 Å². The first-order valence-corrected chi connectivity index (χ1v) is 12.2. The van der Waals surface area contributed by atoms with Crippen molar-refractivity contribution in [2.45, 2.75) is 63.7 Å². The van der Waals surface area contributed by atoms with Gasteiger partial charge >= 0.3 is 5.97 Å². The molecule has 0 saturated carbocycles. The maximum atomic E-state index is 13.1. The molecule has 0 spiro atoms. The van der Waals surface area contributed by atoms with Crippen LogP contribution in [0.1, 0.15) is 38.7 Å². The molecule has 0 radical (unpaired) electrons. The van der Waals surface area contributed by atoms with E-state index in [2.05, 4.69) is 15.6 Å². The lowest BCUT2D eigenvalue weighted by Gasteiger charge is -2.29. The Morgan fingerprint density at radius 2 is 1.83 bits per heavy atom. The molecule has 11 nitrogen and oxygen atoms in total. The predicted molar refractivity (Wildman–Crippen MR) is 133 cm³/mol. The van der Waals surface area contributed by atoms with Crippen LogP contribution in [0.5, 0.6) is 0 Å². The molecule has 1 aliphatic heterocycles. The number of carboxylic acids is 1. The van der Waals surface area contributed by atoms with Gasteiger partial charge in [0.05, 0.1) is 12.6 Å². The highest BCUT2D eigenvalue weighted by atomic mass is 16.4. The van der Waals surface area contributed by atoms with Gasteiger partial charge < -0.3 is 36.5 Å². The highest BCUT2D eigenvalue weighted by Crippen LogP contribution is 2.21. The summed E-state index contributed by atoms with van der Waals surface area (Å²) in [6.07, 6.45) is 3.19. The average molecular weight is 502 g/mol. The van der Waals surface area contributed by atoms with Crippen LogP contribution >= 0.6 is 0 Å². The second kappa shape index (κ2) is 12.0. The van der Waals surface area contributed by atoms with Crippen LogP contribution in [-0.2, 0) is 25.6 Å². The number of aromatic nitrogens is 1. The number of carbonyl (C=O) groups excluding carboxylic acids is 3. The zero-order chi connectivity index (χ0) is 26.4. The largest absolute Gasteiger partial charge is 0.480 e. The van der Waals surface area contributed by atoms with E-state index >= 15 is 0 Å². The third-order valence-corrected chi connectivity index (χ3v) is 6.41. The molecule has 1 saturated heterocycles. The van der Waals surface area contributed by atoms with E-state index in [1.54, 1.807) is 6.20 Å². The summed E-state index contributed by atoms with van der Waals surface area (Å²) in [5, 5.41) is 25.2. The zero-order valence-corrected chi connectivity index (χ0v) is 20.6. The van der Waals surface area contributed by atoms with E-state index in [9.17, 15) is 29.4 Å². The Hall–Kier alpha value is -3.44. The minimum absolute atomic E-state index is 0.0249. The predicted octanol–water partition coefficient (Wildman–Crippen LogP) is 0.121. The first-order valence-electron chi connectivity index (χ1n) is 12.2.